The Kier molecular flexibility index (Phi) is 5.86. The SMILES string of the molecule is O=C(Nc1ccc(F)c(Cl)c1)c1ccc(Nc2ccnc(-c3ccc(F)cc3)n2)cc1. The van der Waals surface area contributed by atoms with Crippen molar-refractivity contribution in [3.63, 3.8) is 0 Å². The zero-order chi connectivity index (χ0) is 21.8. The van der Waals surface area contributed by atoms with Crippen LogP contribution in [-0.2, 0) is 0 Å². The molecule has 0 saturated heterocycles. The molecule has 0 aliphatic heterocycles. The predicted molar refractivity (Wildman–Crippen MR) is 117 cm³/mol. The summed E-state index contributed by atoms with van der Waals surface area (Å²) >= 11 is 5.74. The third-order valence-corrected chi connectivity index (χ3v) is 4.64. The maximum absolute atomic E-state index is 13.2. The minimum absolute atomic E-state index is 0.0674. The molecule has 0 bridgehead atoms. The van der Waals surface area contributed by atoms with Gasteiger partial charge in [-0.25, -0.2) is 18.7 Å². The molecular weight excluding hydrogens is 422 g/mol. The van der Waals surface area contributed by atoms with Crippen LogP contribution in [0.4, 0.5) is 26.0 Å². The highest BCUT2D eigenvalue weighted by Gasteiger charge is 2.09. The topological polar surface area (TPSA) is 66.9 Å². The summed E-state index contributed by atoms with van der Waals surface area (Å²) in [5, 5.41) is 5.74. The lowest BCUT2D eigenvalue weighted by molar-refractivity contribution is 0.102. The first-order chi connectivity index (χ1) is 15.0. The molecule has 8 heteroatoms. The van der Waals surface area contributed by atoms with Crippen LogP contribution in [0.3, 0.4) is 0 Å². The van der Waals surface area contributed by atoms with Gasteiger partial charge in [0.05, 0.1) is 5.02 Å². The molecule has 1 aromatic heterocycles. The van der Waals surface area contributed by atoms with E-state index in [-0.39, 0.29) is 16.7 Å². The third-order valence-electron chi connectivity index (χ3n) is 4.35. The van der Waals surface area contributed by atoms with Gasteiger partial charge in [-0.2, -0.15) is 0 Å². The quantitative estimate of drug-likeness (QED) is 0.398. The van der Waals surface area contributed by atoms with Crippen molar-refractivity contribution in [1.29, 1.82) is 0 Å². The van der Waals surface area contributed by atoms with Crippen molar-refractivity contribution in [2.45, 2.75) is 0 Å². The van der Waals surface area contributed by atoms with Crippen LogP contribution in [0.1, 0.15) is 10.4 Å². The van der Waals surface area contributed by atoms with Crippen LogP contribution in [0.25, 0.3) is 11.4 Å². The first kappa shape index (κ1) is 20.4. The van der Waals surface area contributed by atoms with Gasteiger partial charge in [-0.15, -0.1) is 0 Å². The molecule has 4 rings (SSSR count). The monoisotopic (exact) mass is 436 g/mol. The summed E-state index contributed by atoms with van der Waals surface area (Å²) in [6.07, 6.45) is 1.60. The molecule has 0 aliphatic carbocycles. The van der Waals surface area contributed by atoms with Crippen molar-refractivity contribution in [2.24, 2.45) is 0 Å². The van der Waals surface area contributed by atoms with Gasteiger partial charge >= 0.3 is 0 Å². The summed E-state index contributed by atoms with van der Waals surface area (Å²) < 4.78 is 26.4. The van der Waals surface area contributed by atoms with Gasteiger partial charge in [0.2, 0.25) is 0 Å². The lowest BCUT2D eigenvalue weighted by Crippen LogP contribution is -2.11. The van der Waals surface area contributed by atoms with Gasteiger partial charge in [0, 0.05) is 28.7 Å². The lowest BCUT2D eigenvalue weighted by Gasteiger charge is -2.09. The minimum atomic E-state index is -0.553. The summed E-state index contributed by atoms with van der Waals surface area (Å²) in [7, 11) is 0. The molecule has 0 unspecified atom stereocenters. The molecular formula is C23H15ClF2N4O. The fraction of sp³-hybridized carbons (Fsp3) is 0. The van der Waals surface area contributed by atoms with E-state index in [4.69, 9.17) is 11.6 Å². The summed E-state index contributed by atoms with van der Waals surface area (Å²) in [5.41, 5.74) is 2.22. The van der Waals surface area contributed by atoms with Gasteiger partial charge in [-0.3, -0.25) is 4.79 Å². The number of nitrogens with zero attached hydrogens (tertiary/aromatic N) is 2. The number of nitrogens with one attached hydrogen (secondary N) is 2. The molecule has 5 nitrogen and oxygen atoms in total. The Morgan fingerprint density at radius 2 is 1.58 bits per heavy atom. The van der Waals surface area contributed by atoms with Gasteiger partial charge in [0.15, 0.2) is 5.82 Å². The predicted octanol–water partition coefficient (Wildman–Crippen LogP) is 6.07. The van der Waals surface area contributed by atoms with Crippen LogP contribution >= 0.6 is 11.6 Å². The molecule has 0 radical (unpaired) electrons. The third kappa shape index (κ3) is 5.02. The molecule has 1 heterocycles. The van der Waals surface area contributed by atoms with Crippen LogP contribution in [0.2, 0.25) is 5.02 Å². The largest absolute Gasteiger partial charge is 0.340 e. The average molecular weight is 437 g/mol. The number of benzene rings is 3. The Balaban J connectivity index is 1.45. The average Bonchev–Trinajstić information content (AvgIpc) is 2.77. The number of halogens is 3. The molecule has 3 aromatic carbocycles. The maximum atomic E-state index is 13.2. The van der Waals surface area contributed by atoms with E-state index in [2.05, 4.69) is 20.6 Å². The number of hydrogen-bond donors (Lipinski definition) is 2. The summed E-state index contributed by atoms with van der Waals surface area (Å²) in [6, 6.07) is 18.3. The number of aromatic nitrogens is 2. The highest BCUT2D eigenvalue weighted by atomic mass is 35.5. The second-order valence-electron chi connectivity index (χ2n) is 6.56. The second kappa shape index (κ2) is 8.89. The van der Waals surface area contributed by atoms with Crippen molar-refractivity contribution in [2.75, 3.05) is 10.6 Å². The first-order valence-electron chi connectivity index (χ1n) is 9.20. The zero-order valence-electron chi connectivity index (χ0n) is 15.9. The van der Waals surface area contributed by atoms with Crippen molar-refractivity contribution < 1.29 is 13.6 Å². The van der Waals surface area contributed by atoms with E-state index in [1.165, 1.54) is 30.3 Å². The number of amides is 1. The smallest absolute Gasteiger partial charge is 0.255 e. The number of anilines is 3. The fourth-order valence-corrected chi connectivity index (χ4v) is 2.98. The molecule has 0 aliphatic rings. The van der Waals surface area contributed by atoms with Gasteiger partial charge in [-0.1, -0.05) is 11.6 Å². The number of hydrogen-bond acceptors (Lipinski definition) is 4. The van der Waals surface area contributed by atoms with Gasteiger partial charge in [0.25, 0.3) is 5.91 Å². The second-order valence-corrected chi connectivity index (χ2v) is 6.96. The number of rotatable bonds is 5. The van der Waals surface area contributed by atoms with Gasteiger partial charge in [-0.05, 0) is 72.8 Å². The van der Waals surface area contributed by atoms with Crippen molar-refractivity contribution in [1.82, 2.24) is 9.97 Å². The van der Waals surface area contributed by atoms with Crippen molar-refractivity contribution >= 4 is 34.7 Å². The molecule has 4 aromatic rings. The fourth-order valence-electron chi connectivity index (χ4n) is 2.80. The Morgan fingerprint density at radius 1 is 0.871 bits per heavy atom. The Bertz CT molecular complexity index is 1230. The summed E-state index contributed by atoms with van der Waals surface area (Å²) in [4.78, 5) is 21.0. The zero-order valence-corrected chi connectivity index (χ0v) is 16.7. The van der Waals surface area contributed by atoms with Gasteiger partial charge in [0.1, 0.15) is 17.5 Å². The molecule has 0 saturated carbocycles. The molecule has 1 amide bonds. The van der Waals surface area contributed by atoms with E-state index in [1.54, 1.807) is 48.7 Å². The first-order valence-corrected chi connectivity index (χ1v) is 9.58. The van der Waals surface area contributed by atoms with E-state index in [9.17, 15) is 13.6 Å². The lowest BCUT2D eigenvalue weighted by atomic mass is 10.2. The van der Waals surface area contributed by atoms with Gasteiger partial charge < -0.3 is 10.6 Å². The maximum Gasteiger partial charge on any atom is 0.255 e. The Morgan fingerprint density at radius 3 is 2.29 bits per heavy atom. The highest BCUT2D eigenvalue weighted by Crippen LogP contribution is 2.22. The normalized spacial score (nSPS) is 10.5. The molecule has 0 atom stereocenters. The standard InChI is InChI=1S/C23H15ClF2N4O/c24-19-13-18(9-10-20(19)26)29-23(31)15-3-7-17(8-4-15)28-21-11-12-27-22(30-21)14-1-5-16(25)6-2-14/h1-13H,(H,29,31)(H,27,28,30). The Hall–Kier alpha value is -3.84. The van der Waals surface area contributed by atoms with Crippen molar-refractivity contribution in [3.05, 3.63) is 101 Å². The van der Waals surface area contributed by atoms with E-state index >= 15 is 0 Å². The molecule has 154 valence electrons. The van der Waals surface area contributed by atoms with Crippen LogP contribution in [0.5, 0.6) is 0 Å². The van der Waals surface area contributed by atoms with E-state index in [0.29, 0.717) is 34.1 Å². The summed E-state index contributed by atoms with van der Waals surface area (Å²) in [5.74, 6) is -0.228. The highest BCUT2D eigenvalue weighted by molar-refractivity contribution is 6.31. The van der Waals surface area contributed by atoms with E-state index < -0.39 is 5.82 Å². The van der Waals surface area contributed by atoms with E-state index in [0.717, 1.165) is 0 Å². The van der Waals surface area contributed by atoms with E-state index in [1.807, 2.05) is 0 Å². The molecule has 0 spiro atoms. The summed E-state index contributed by atoms with van der Waals surface area (Å²) in [6.45, 7) is 0. The number of carbonyl (C=O) groups is 1. The van der Waals surface area contributed by atoms with Crippen LogP contribution in [-0.4, -0.2) is 15.9 Å². The molecule has 31 heavy (non-hydrogen) atoms. The minimum Gasteiger partial charge on any atom is -0.340 e. The van der Waals surface area contributed by atoms with Crippen molar-refractivity contribution in [3.8, 4) is 11.4 Å². The molecule has 2 N–H and O–H groups in total. The van der Waals surface area contributed by atoms with Crippen LogP contribution in [0, 0.1) is 11.6 Å². The van der Waals surface area contributed by atoms with Crippen LogP contribution < -0.4 is 10.6 Å². The Labute approximate surface area is 181 Å². The number of carbonyl (C=O) groups excluding carboxylic acids is 1. The molecule has 0 fully saturated rings. The van der Waals surface area contributed by atoms with Crippen LogP contribution in [0.15, 0.2) is 79.0 Å².